The van der Waals surface area contributed by atoms with E-state index in [4.69, 9.17) is 0 Å². The molecular formula is C13H12F2N2O2S. The summed E-state index contributed by atoms with van der Waals surface area (Å²) in [6.07, 6.45) is -3.58. The number of hydrogen-bond donors (Lipinski definition) is 1. The predicted octanol–water partition coefficient (Wildman–Crippen LogP) is 3.95. The first-order chi connectivity index (χ1) is 9.43. The molecule has 0 aliphatic carbocycles. The van der Waals surface area contributed by atoms with Crippen LogP contribution in [-0.4, -0.2) is 11.3 Å². The van der Waals surface area contributed by atoms with Crippen LogP contribution < -0.4 is 14.8 Å². The Morgan fingerprint density at radius 2 is 2.05 bits per heavy atom. The summed E-state index contributed by atoms with van der Waals surface area (Å²) in [4.78, 5) is 4.38. The van der Waals surface area contributed by atoms with E-state index in [2.05, 4.69) is 19.8 Å². The van der Waals surface area contributed by atoms with Gasteiger partial charge in [0.1, 0.15) is 0 Å². The summed E-state index contributed by atoms with van der Waals surface area (Å²) >= 11 is 1.57. The zero-order chi connectivity index (χ0) is 14.3. The van der Waals surface area contributed by atoms with E-state index in [0.717, 1.165) is 10.7 Å². The summed E-state index contributed by atoms with van der Waals surface area (Å²) in [5.74, 6) is 0.0689. The Morgan fingerprint density at radius 3 is 2.75 bits per heavy atom. The Hall–Kier alpha value is -1.89. The summed E-state index contributed by atoms with van der Waals surface area (Å²) in [5, 5.41) is 6.14. The summed E-state index contributed by atoms with van der Waals surface area (Å²) < 4.78 is 34.6. The van der Waals surface area contributed by atoms with E-state index in [9.17, 15) is 8.78 Å². The molecule has 106 valence electrons. The van der Waals surface area contributed by atoms with Crippen molar-refractivity contribution in [3.63, 3.8) is 0 Å². The first-order valence-corrected chi connectivity index (χ1v) is 6.89. The highest BCUT2D eigenvalue weighted by molar-refractivity contribution is 7.09. The Kier molecular flexibility index (Phi) is 3.01. The Balaban J connectivity index is 1.76. The van der Waals surface area contributed by atoms with Crippen molar-refractivity contribution in [2.75, 3.05) is 5.32 Å². The largest absolute Gasteiger partial charge is 0.586 e. The molecule has 0 radical (unpaired) electrons. The molecular weight excluding hydrogens is 286 g/mol. The summed E-state index contributed by atoms with van der Waals surface area (Å²) in [6, 6.07) is 4.59. The number of thiazole rings is 1. The van der Waals surface area contributed by atoms with Crippen LogP contribution in [-0.2, 0) is 0 Å². The topological polar surface area (TPSA) is 43.4 Å². The lowest BCUT2D eigenvalue weighted by atomic mass is 10.2. The minimum absolute atomic E-state index is 0.0270. The van der Waals surface area contributed by atoms with Gasteiger partial charge in [-0.3, -0.25) is 0 Å². The SMILES string of the molecule is Cc1nc(C(C)Nc2ccc3c(c2)OC(F)(F)O3)cs1. The molecule has 0 amide bonds. The molecule has 0 fully saturated rings. The molecule has 0 saturated carbocycles. The van der Waals surface area contributed by atoms with Crippen molar-refractivity contribution in [3.8, 4) is 11.5 Å². The molecule has 1 atom stereocenters. The smallest absolute Gasteiger partial charge is 0.395 e. The van der Waals surface area contributed by atoms with E-state index < -0.39 is 6.29 Å². The maximum absolute atomic E-state index is 12.9. The van der Waals surface area contributed by atoms with Gasteiger partial charge in [0.25, 0.3) is 0 Å². The van der Waals surface area contributed by atoms with Crippen molar-refractivity contribution >= 4 is 17.0 Å². The van der Waals surface area contributed by atoms with E-state index >= 15 is 0 Å². The molecule has 1 aromatic carbocycles. The first kappa shape index (κ1) is 13.1. The third-order valence-electron chi connectivity index (χ3n) is 2.86. The molecule has 2 aromatic rings. The van der Waals surface area contributed by atoms with Gasteiger partial charge in [-0.2, -0.15) is 0 Å². The number of benzene rings is 1. The van der Waals surface area contributed by atoms with Gasteiger partial charge in [0.15, 0.2) is 11.5 Å². The monoisotopic (exact) mass is 298 g/mol. The van der Waals surface area contributed by atoms with Crippen LogP contribution in [0.3, 0.4) is 0 Å². The van der Waals surface area contributed by atoms with Crippen LogP contribution in [0.15, 0.2) is 23.6 Å². The number of fused-ring (bicyclic) bond motifs is 1. The molecule has 7 heteroatoms. The number of anilines is 1. The van der Waals surface area contributed by atoms with Crippen molar-refractivity contribution in [2.45, 2.75) is 26.2 Å². The van der Waals surface area contributed by atoms with Crippen LogP contribution in [0.25, 0.3) is 0 Å². The molecule has 2 heterocycles. The number of nitrogens with zero attached hydrogens (tertiary/aromatic N) is 1. The molecule has 1 aliphatic heterocycles. The van der Waals surface area contributed by atoms with Crippen molar-refractivity contribution in [1.82, 2.24) is 4.98 Å². The van der Waals surface area contributed by atoms with Gasteiger partial charge in [0.2, 0.25) is 0 Å². The van der Waals surface area contributed by atoms with Crippen LogP contribution >= 0.6 is 11.3 Å². The summed E-state index contributed by atoms with van der Waals surface area (Å²) in [6.45, 7) is 3.89. The molecule has 1 N–H and O–H groups in total. The number of ether oxygens (including phenoxy) is 2. The second kappa shape index (κ2) is 4.59. The number of alkyl halides is 2. The molecule has 0 saturated heterocycles. The Labute approximate surface area is 118 Å². The minimum Gasteiger partial charge on any atom is -0.395 e. The highest BCUT2D eigenvalue weighted by atomic mass is 32.1. The fourth-order valence-electron chi connectivity index (χ4n) is 1.94. The molecule has 1 aromatic heterocycles. The van der Waals surface area contributed by atoms with Crippen molar-refractivity contribution in [3.05, 3.63) is 34.3 Å². The molecule has 4 nitrogen and oxygen atoms in total. The number of aromatic nitrogens is 1. The predicted molar refractivity (Wildman–Crippen MR) is 71.5 cm³/mol. The van der Waals surface area contributed by atoms with Gasteiger partial charge in [0, 0.05) is 17.1 Å². The second-order valence-corrected chi connectivity index (χ2v) is 5.55. The Morgan fingerprint density at radius 1 is 1.30 bits per heavy atom. The third-order valence-corrected chi connectivity index (χ3v) is 3.66. The second-order valence-electron chi connectivity index (χ2n) is 4.49. The van der Waals surface area contributed by atoms with Crippen LogP contribution in [0.2, 0.25) is 0 Å². The van der Waals surface area contributed by atoms with Gasteiger partial charge < -0.3 is 14.8 Å². The van der Waals surface area contributed by atoms with Crippen LogP contribution in [0.1, 0.15) is 23.7 Å². The molecule has 20 heavy (non-hydrogen) atoms. The number of hydrogen-bond acceptors (Lipinski definition) is 5. The fraction of sp³-hybridized carbons (Fsp3) is 0.308. The van der Waals surface area contributed by atoms with Crippen LogP contribution in [0.5, 0.6) is 11.5 Å². The van der Waals surface area contributed by atoms with Gasteiger partial charge in [-0.1, -0.05) is 0 Å². The highest BCUT2D eigenvalue weighted by Gasteiger charge is 2.43. The van der Waals surface area contributed by atoms with Gasteiger partial charge in [-0.25, -0.2) is 4.98 Å². The van der Waals surface area contributed by atoms with E-state index in [1.807, 2.05) is 19.2 Å². The first-order valence-electron chi connectivity index (χ1n) is 6.01. The molecule has 3 rings (SSSR count). The molecule has 1 aliphatic rings. The molecule has 0 spiro atoms. The maximum Gasteiger partial charge on any atom is 0.586 e. The van der Waals surface area contributed by atoms with Crippen molar-refractivity contribution in [2.24, 2.45) is 0 Å². The quantitative estimate of drug-likeness (QED) is 0.932. The summed E-state index contributed by atoms with van der Waals surface area (Å²) in [5.41, 5.74) is 1.58. The van der Waals surface area contributed by atoms with E-state index in [0.29, 0.717) is 5.69 Å². The average molecular weight is 298 g/mol. The van der Waals surface area contributed by atoms with Crippen molar-refractivity contribution in [1.29, 1.82) is 0 Å². The lowest BCUT2D eigenvalue weighted by Crippen LogP contribution is -2.25. The minimum atomic E-state index is -3.58. The molecule has 1 unspecified atom stereocenters. The maximum atomic E-state index is 12.9. The van der Waals surface area contributed by atoms with E-state index in [1.54, 1.807) is 17.4 Å². The number of nitrogens with one attached hydrogen (secondary N) is 1. The van der Waals surface area contributed by atoms with E-state index in [1.165, 1.54) is 12.1 Å². The highest BCUT2D eigenvalue weighted by Crippen LogP contribution is 2.42. The number of halogens is 2. The van der Waals surface area contributed by atoms with E-state index in [-0.39, 0.29) is 17.5 Å². The van der Waals surface area contributed by atoms with Crippen LogP contribution in [0, 0.1) is 6.92 Å². The lowest BCUT2D eigenvalue weighted by molar-refractivity contribution is -0.286. The summed E-state index contributed by atoms with van der Waals surface area (Å²) in [7, 11) is 0. The fourth-order valence-corrected chi connectivity index (χ4v) is 2.65. The lowest BCUT2D eigenvalue weighted by Gasteiger charge is -2.13. The van der Waals surface area contributed by atoms with Crippen LogP contribution in [0.4, 0.5) is 14.5 Å². The number of aryl methyl sites for hydroxylation is 1. The zero-order valence-electron chi connectivity index (χ0n) is 10.8. The van der Waals surface area contributed by atoms with Gasteiger partial charge in [-0.05, 0) is 26.0 Å². The standard InChI is InChI=1S/C13H12F2N2O2S/c1-7(10-6-20-8(2)17-10)16-9-3-4-11-12(5-9)19-13(14,15)18-11/h3-7,16H,1-2H3. The van der Waals surface area contributed by atoms with Gasteiger partial charge >= 0.3 is 6.29 Å². The Bertz CT molecular complexity index is 645. The zero-order valence-corrected chi connectivity index (χ0v) is 11.6. The normalized spacial score (nSPS) is 17.0. The molecule has 0 bridgehead atoms. The third kappa shape index (κ3) is 2.53. The van der Waals surface area contributed by atoms with Crippen molar-refractivity contribution < 1.29 is 18.3 Å². The van der Waals surface area contributed by atoms with Gasteiger partial charge in [-0.15, -0.1) is 20.1 Å². The van der Waals surface area contributed by atoms with Gasteiger partial charge in [0.05, 0.1) is 16.7 Å². The average Bonchev–Trinajstić information content (AvgIpc) is 2.90. The number of rotatable bonds is 3.